The average molecular weight is 569 g/mol. The molecule has 2 heterocycles. The number of hydrogen-bond acceptors (Lipinski definition) is 7. The minimum atomic E-state index is -0.966. The van der Waals surface area contributed by atoms with Gasteiger partial charge in [0.1, 0.15) is 24.4 Å². The van der Waals surface area contributed by atoms with Crippen molar-refractivity contribution in [2.45, 2.75) is 70.5 Å². The third-order valence-electron chi connectivity index (χ3n) is 6.82. The molecule has 4 N–H and O–H groups in total. The van der Waals surface area contributed by atoms with Gasteiger partial charge in [0.05, 0.1) is 0 Å². The summed E-state index contributed by atoms with van der Waals surface area (Å²) >= 11 is 0. The highest BCUT2D eigenvalue weighted by Gasteiger charge is 2.31. The van der Waals surface area contributed by atoms with Gasteiger partial charge in [0.2, 0.25) is 29.5 Å². The van der Waals surface area contributed by atoms with Crippen LogP contribution >= 0.6 is 0 Å². The lowest BCUT2D eigenvalue weighted by atomic mass is 10.0. The third kappa shape index (κ3) is 9.44. The fourth-order valence-corrected chi connectivity index (χ4v) is 4.38. The first-order chi connectivity index (χ1) is 19.5. The molecule has 1 aliphatic heterocycles. The molecule has 12 heteroatoms. The van der Waals surface area contributed by atoms with Gasteiger partial charge in [0.15, 0.2) is 5.69 Å². The monoisotopic (exact) mass is 568 g/mol. The molecule has 0 unspecified atom stereocenters. The highest BCUT2D eigenvalue weighted by molar-refractivity contribution is 5.93. The molecule has 1 aromatic carbocycles. The van der Waals surface area contributed by atoms with Crippen molar-refractivity contribution < 1.29 is 28.4 Å². The fraction of sp³-hybridized carbons (Fsp3) is 0.517. The summed E-state index contributed by atoms with van der Waals surface area (Å²) in [6, 6.07) is 6.72. The smallest absolute Gasteiger partial charge is 0.273 e. The van der Waals surface area contributed by atoms with Gasteiger partial charge in [-0.2, -0.15) is 0 Å². The number of amides is 5. The van der Waals surface area contributed by atoms with Crippen molar-refractivity contribution in [3.05, 3.63) is 53.7 Å². The van der Waals surface area contributed by atoms with Crippen molar-refractivity contribution >= 4 is 29.5 Å². The van der Waals surface area contributed by atoms with E-state index in [1.807, 2.05) is 44.2 Å². The molecule has 2 bridgehead atoms. The third-order valence-corrected chi connectivity index (χ3v) is 6.82. The molecule has 41 heavy (non-hydrogen) atoms. The first kappa shape index (κ1) is 31.3. The number of carbonyl (C=O) groups is 5. The molecule has 0 aliphatic carbocycles. The van der Waals surface area contributed by atoms with Gasteiger partial charge in [-0.15, -0.1) is 0 Å². The summed E-state index contributed by atoms with van der Waals surface area (Å²) in [5, 5.41) is 11.3. The largest absolute Gasteiger partial charge is 0.446 e. The number of rotatable bonds is 7. The standard InChI is InChI=1S/C29H40N6O6/c1-18(2)25-29-33-22(17-41-29)26(38)30-15-9-8-12-20(31-23(36)13-14-24(37)35(3)4)27(39)32-21(28(40)34-25)16-19-10-6-5-7-11-19/h5-7,10-11,17-18,20-21,25H,8-9,12-16H2,1-4H3,(H,30,38)(H,31,36)(H,32,39)(H,34,40)/t20-,21-,25-/m0/s1. The SMILES string of the molecule is CC(C)[C@@H]1NC(=O)[C@H](Cc2ccccc2)NC(=O)[C@@H](NC(=O)CCC(=O)N(C)C)CCCCNC(=O)c2coc1n2. The molecule has 5 amide bonds. The summed E-state index contributed by atoms with van der Waals surface area (Å²) in [6.45, 7) is 4.09. The second kappa shape index (κ2) is 15.0. The predicted molar refractivity (Wildman–Crippen MR) is 150 cm³/mol. The normalized spacial score (nSPS) is 20.5. The number of nitrogens with zero attached hydrogens (tertiary/aromatic N) is 2. The van der Waals surface area contributed by atoms with Gasteiger partial charge < -0.3 is 30.6 Å². The van der Waals surface area contributed by atoms with E-state index in [0.717, 1.165) is 5.56 Å². The van der Waals surface area contributed by atoms with Crippen LogP contribution < -0.4 is 21.3 Å². The van der Waals surface area contributed by atoms with Crippen LogP contribution in [0, 0.1) is 5.92 Å². The van der Waals surface area contributed by atoms with Gasteiger partial charge in [0, 0.05) is 39.9 Å². The number of fused-ring (bicyclic) bond motifs is 2. The number of carbonyl (C=O) groups excluding carboxylic acids is 5. The average Bonchev–Trinajstić information content (AvgIpc) is 3.43. The molecule has 3 rings (SSSR count). The summed E-state index contributed by atoms with van der Waals surface area (Å²) in [7, 11) is 3.22. The van der Waals surface area contributed by atoms with Crippen LogP contribution in [-0.2, 0) is 25.6 Å². The van der Waals surface area contributed by atoms with Crippen LogP contribution in [0.3, 0.4) is 0 Å². The lowest BCUT2D eigenvalue weighted by Gasteiger charge is -2.26. The van der Waals surface area contributed by atoms with Crippen molar-refractivity contribution in [2.75, 3.05) is 20.6 Å². The van der Waals surface area contributed by atoms with Crippen molar-refractivity contribution in [3.63, 3.8) is 0 Å². The maximum absolute atomic E-state index is 13.6. The van der Waals surface area contributed by atoms with E-state index in [1.54, 1.807) is 14.1 Å². The molecule has 0 fully saturated rings. The quantitative estimate of drug-likeness (QED) is 0.393. The second-order valence-corrected chi connectivity index (χ2v) is 10.7. The summed E-state index contributed by atoms with van der Waals surface area (Å²) in [5.74, 6) is -1.97. The maximum Gasteiger partial charge on any atom is 0.273 e. The highest BCUT2D eigenvalue weighted by Crippen LogP contribution is 2.22. The molecule has 0 spiro atoms. The molecule has 1 aliphatic rings. The molecular formula is C29H40N6O6. The van der Waals surface area contributed by atoms with E-state index in [-0.39, 0.29) is 49.1 Å². The van der Waals surface area contributed by atoms with Crippen LogP contribution in [0.1, 0.15) is 73.9 Å². The van der Waals surface area contributed by atoms with Crippen LogP contribution in [0.25, 0.3) is 0 Å². The Morgan fingerprint density at radius 2 is 1.78 bits per heavy atom. The number of nitrogens with one attached hydrogen (secondary N) is 4. The first-order valence-corrected chi connectivity index (χ1v) is 13.9. The number of aromatic nitrogens is 1. The van der Waals surface area contributed by atoms with Gasteiger partial charge in [-0.1, -0.05) is 44.2 Å². The molecule has 12 nitrogen and oxygen atoms in total. The van der Waals surface area contributed by atoms with Crippen LogP contribution in [0.5, 0.6) is 0 Å². The first-order valence-electron chi connectivity index (χ1n) is 13.9. The van der Waals surface area contributed by atoms with Gasteiger partial charge in [-0.25, -0.2) is 4.98 Å². The lowest BCUT2D eigenvalue weighted by Crippen LogP contribution is -2.55. The zero-order valence-electron chi connectivity index (χ0n) is 24.1. The summed E-state index contributed by atoms with van der Waals surface area (Å²) < 4.78 is 5.57. The Kier molecular flexibility index (Phi) is 11.4. The van der Waals surface area contributed by atoms with E-state index in [9.17, 15) is 24.0 Å². The Morgan fingerprint density at radius 3 is 2.46 bits per heavy atom. The van der Waals surface area contributed by atoms with Crippen LogP contribution in [0.15, 0.2) is 41.0 Å². The Bertz CT molecular complexity index is 1210. The zero-order valence-corrected chi connectivity index (χ0v) is 24.1. The Hall–Kier alpha value is -4.22. The Balaban J connectivity index is 1.87. The van der Waals surface area contributed by atoms with E-state index in [2.05, 4.69) is 26.3 Å². The van der Waals surface area contributed by atoms with E-state index >= 15 is 0 Å². The van der Waals surface area contributed by atoms with E-state index < -0.39 is 41.8 Å². The summed E-state index contributed by atoms with van der Waals surface area (Å²) in [4.78, 5) is 70.1. The summed E-state index contributed by atoms with van der Waals surface area (Å²) in [6.07, 6.45) is 2.73. The van der Waals surface area contributed by atoms with E-state index in [1.165, 1.54) is 11.2 Å². The Morgan fingerprint density at radius 1 is 1.05 bits per heavy atom. The topological polar surface area (TPSA) is 163 Å². The minimum absolute atomic E-state index is 0.0106. The molecule has 2 aromatic rings. The fourth-order valence-electron chi connectivity index (χ4n) is 4.38. The maximum atomic E-state index is 13.6. The van der Waals surface area contributed by atoms with Crippen LogP contribution in [-0.4, -0.2) is 72.1 Å². The lowest BCUT2D eigenvalue weighted by molar-refractivity contribution is -0.134. The van der Waals surface area contributed by atoms with Crippen molar-refractivity contribution in [1.82, 2.24) is 31.2 Å². The summed E-state index contributed by atoms with van der Waals surface area (Å²) in [5.41, 5.74) is 0.944. The number of hydrogen-bond donors (Lipinski definition) is 4. The zero-order chi connectivity index (χ0) is 29.9. The minimum Gasteiger partial charge on any atom is -0.446 e. The predicted octanol–water partition coefficient (Wildman–Crippen LogP) is 1.48. The van der Waals surface area contributed by atoms with Gasteiger partial charge >= 0.3 is 0 Å². The molecule has 0 saturated carbocycles. The van der Waals surface area contributed by atoms with Crippen molar-refractivity contribution in [3.8, 4) is 0 Å². The van der Waals surface area contributed by atoms with Crippen LogP contribution in [0.2, 0.25) is 0 Å². The molecule has 222 valence electrons. The van der Waals surface area contributed by atoms with Crippen molar-refractivity contribution in [2.24, 2.45) is 5.92 Å². The molecule has 0 saturated heterocycles. The number of oxazole rings is 1. The van der Waals surface area contributed by atoms with Crippen molar-refractivity contribution in [1.29, 1.82) is 0 Å². The molecule has 3 atom stereocenters. The van der Waals surface area contributed by atoms with Crippen LogP contribution in [0.4, 0.5) is 0 Å². The molecule has 1 aromatic heterocycles. The molecular weight excluding hydrogens is 528 g/mol. The molecule has 0 radical (unpaired) electrons. The Labute approximate surface area is 240 Å². The van der Waals surface area contributed by atoms with Gasteiger partial charge in [-0.3, -0.25) is 24.0 Å². The van der Waals surface area contributed by atoms with Gasteiger partial charge in [0.25, 0.3) is 5.91 Å². The number of benzene rings is 1. The van der Waals surface area contributed by atoms with E-state index in [4.69, 9.17) is 4.42 Å². The highest BCUT2D eigenvalue weighted by atomic mass is 16.3. The second-order valence-electron chi connectivity index (χ2n) is 10.7. The van der Waals surface area contributed by atoms with E-state index in [0.29, 0.717) is 19.4 Å². The van der Waals surface area contributed by atoms with Gasteiger partial charge in [-0.05, 0) is 30.7 Å².